The van der Waals surface area contributed by atoms with Gasteiger partial charge in [-0.25, -0.2) is 0 Å². The highest BCUT2D eigenvalue weighted by Gasteiger charge is 2.17. The first-order valence-corrected chi connectivity index (χ1v) is 4.39. The van der Waals surface area contributed by atoms with Gasteiger partial charge in [0.25, 0.3) is 0 Å². The van der Waals surface area contributed by atoms with Crippen LogP contribution in [0.1, 0.15) is 29.5 Å². The van der Waals surface area contributed by atoms with Crippen LogP contribution in [0.5, 0.6) is 0 Å². The second-order valence-electron chi connectivity index (χ2n) is 2.91. The SMILES string of the molecule is Cl[C@@H]1CCCc2cccnc21. The van der Waals surface area contributed by atoms with Gasteiger partial charge in [-0.1, -0.05) is 6.07 Å². The maximum Gasteiger partial charge on any atom is 0.0760 e. The number of aryl methyl sites for hydroxylation is 1. The fourth-order valence-corrected chi connectivity index (χ4v) is 1.90. The number of nitrogens with zero attached hydrogens (tertiary/aromatic N) is 1. The molecule has 1 atom stereocenters. The van der Waals surface area contributed by atoms with Gasteiger partial charge in [0, 0.05) is 6.20 Å². The molecule has 1 heterocycles. The summed E-state index contributed by atoms with van der Waals surface area (Å²) in [6.07, 6.45) is 5.24. The third-order valence-electron chi connectivity index (χ3n) is 2.13. The van der Waals surface area contributed by atoms with Crippen LogP contribution in [-0.4, -0.2) is 4.98 Å². The van der Waals surface area contributed by atoms with Crippen LogP contribution in [0, 0.1) is 0 Å². The largest absolute Gasteiger partial charge is 0.259 e. The molecule has 0 aromatic carbocycles. The molecule has 1 nitrogen and oxygen atoms in total. The Morgan fingerprint density at radius 1 is 1.55 bits per heavy atom. The Morgan fingerprint density at radius 3 is 3.27 bits per heavy atom. The molecule has 0 radical (unpaired) electrons. The van der Waals surface area contributed by atoms with Crippen LogP contribution in [0.15, 0.2) is 18.3 Å². The van der Waals surface area contributed by atoms with E-state index in [-0.39, 0.29) is 5.38 Å². The van der Waals surface area contributed by atoms with E-state index in [0.717, 1.165) is 18.5 Å². The van der Waals surface area contributed by atoms with Gasteiger partial charge in [-0.05, 0) is 30.9 Å². The molecule has 0 unspecified atom stereocenters. The fraction of sp³-hybridized carbons (Fsp3) is 0.444. The van der Waals surface area contributed by atoms with Gasteiger partial charge >= 0.3 is 0 Å². The van der Waals surface area contributed by atoms with Crippen LogP contribution in [0.3, 0.4) is 0 Å². The van der Waals surface area contributed by atoms with Gasteiger partial charge in [0.15, 0.2) is 0 Å². The predicted molar refractivity (Wildman–Crippen MR) is 45.8 cm³/mol. The summed E-state index contributed by atoms with van der Waals surface area (Å²) >= 11 is 6.08. The van der Waals surface area contributed by atoms with Crippen LogP contribution in [0.4, 0.5) is 0 Å². The van der Waals surface area contributed by atoms with E-state index in [2.05, 4.69) is 11.1 Å². The summed E-state index contributed by atoms with van der Waals surface area (Å²) in [5.74, 6) is 0. The lowest BCUT2D eigenvalue weighted by Gasteiger charge is -2.18. The number of hydrogen-bond acceptors (Lipinski definition) is 1. The van der Waals surface area contributed by atoms with Crippen molar-refractivity contribution in [2.45, 2.75) is 24.6 Å². The quantitative estimate of drug-likeness (QED) is 0.542. The molecule has 1 aliphatic rings. The Morgan fingerprint density at radius 2 is 2.45 bits per heavy atom. The van der Waals surface area contributed by atoms with E-state index in [1.54, 1.807) is 0 Å². The van der Waals surface area contributed by atoms with Gasteiger partial charge < -0.3 is 0 Å². The van der Waals surface area contributed by atoms with Crippen molar-refractivity contribution in [2.24, 2.45) is 0 Å². The molecule has 0 fully saturated rings. The third kappa shape index (κ3) is 1.25. The monoisotopic (exact) mass is 167 g/mol. The Bertz CT molecular complexity index is 259. The number of rotatable bonds is 0. The second-order valence-corrected chi connectivity index (χ2v) is 3.43. The van der Waals surface area contributed by atoms with Gasteiger partial charge in [0.1, 0.15) is 0 Å². The van der Waals surface area contributed by atoms with Gasteiger partial charge in [-0.3, -0.25) is 4.98 Å². The number of alkyl halides is 1. The van der Waals surface area contributed by atoms with Gasteiger partial charge in [-0.15, -0.1) is 11.6 Å². The summed E-state index contributed by atoms with van der Waals surface area (Å²) in [6, 6.07) is 4.10. The minimum absolute atomic E-state index is 0.153. The van der Waals surface area contributed by atoms with Crippen molar-refractivity contribution in [2.75, 3.05) is 0 Å². The van der Waals surface area contributed by atoms with Crippen molar-refractivity contribution >= 4 is 11.6 Å². The van der Waals surface area contributed by atoms with Crippen LogP contribution in [0.25, 0.3) is 0 Å². The zero-order chi connectivity index (χ0) is 7.68. The topological polar surface area (TPSA) is 12.9 Å². The summed E-state index contributed by atoms with van der Waals surface area (Å²) in [6.45, 7) is 0. The lowest BCUT2D eigenvalue weighted by atomic mass is 9.96. The normalized spacial score (nSPS) is 22.8. The molecule has 0 amide bonds. The maximum atomic E-state index is 6.08. The molecule has 1 aromatic rings. The Balaban J connectivity index is 2.44. The molecule has 0 saturated heterocycles. The number of fused-ring (bicyclic) bond motifs is 1. The van der Waals surface area contributed by atoms with E-state index in [9.17, 15) is 0 Å². The van der Waals surface area contributed by atoms with Crippen molar-refractivity contribution in [1.29, 1.82) is 0 Å². The number of pyridine rings is 1. The average molecular weight is 168 g/mol. The molecular weight excluding hydrogens is 158 g/mol. The molecule has 0 aliphatic heterocycles. The van der Waals surface area contributed by atoms with E-state index in [1.165, 1.54) is 12.0 Å². The van der Waals surface area contributed by atoms with Crippen LogP contribution in [0.2, 0.25) is 0 Å². The first-order valence-electron chi connectivity index (χ1n) is 3.96. The molecule has 1 aliphatic carbocycles. The highest BCUT2D eigenvalue weighted by atomic mass is 35.5. The van der Waals surface area contributed by atoms with Crippen molar-refractivity contribution in [3.05, 3.63) is 29.6 Å². The van der Waals surface area contributed by atoms with Crippen molar-refractivity contribution in [1.82, 2.24) is 4.98 Å². The highest BCUT2D eigenvalue weighted by molar-refractivity contribution is 6.20. The summed E-state index contributed by atoms with van der Waals surface area (Å²) in [7, 11) is 0. The minimum Gasteiger partial charge on any atom is -0.259 e. The second kappa shape index (κ2) is 2.82. The Kier molecular flexibility index (Phi) is 1.82. The van der Waals surface area contributed by atoms with E-state index < -0.39 is 0 Å². The zero-order valence-electron chi connectivity index (χ0n) is 6.26. The third-order valence-corrected chi connectivity index (χ3v) is 2.55. The lowest BCUT2D eigenvalue weighted by Crippen LogP contribution is -2.06. The van der Waals surface area contributed by atoms with E-state index in [0.29, 0.717) is 0 Å². The molecule has 0 spiro atoms. The van der Waals surface area contributed by atoms with Crippen LogP contribution in [-0.2, 0) is 6.42 Å². The standard InChI is InChI=1S/C9H10ClN/c10-8-5-1-3-7-4-2-6-11-9(7)8/h2,4,6,8H,1,3,5H2/t8-/m1/s1. The van der Waals surface area contributed by atoms with Gasteiger partial charge in [0.05, 0.1) is 11.1 Å². The number of halogens is 1. The predicted octanol–water partition coefficient (Wildman–Crippen LogP) is 2.70. The molecular formula is C9H10ClN. The Hall–Kier alpha value is -0.560. The summed E-state index contributed by atoms with van der Waals surface area (Å²) in [5, 5.41) is 0.153. The summed E-state index contributed by atoms with van der Waals surface area (Å²) in [5.41, 5.74) is 2.43. The highest BCUT2D eigenvalue weighted by Crippen LogP contribution is 2.32. The van der Waals surface area contributed by atoms with Crippen molar-refractivity contribution in [3.63, 3.8) is 0 Å². The fourth-order valence-electron chi connectivity index (χ4n) is 1.55. The molecule has 1 aromatic heterocycles. The molecule has 0 saturated carbocycles. The molecule has 11 heavy (non-hydrogen) atoms. The van der Waals surface area contributed by atoms with Crippen molar-refractivity contribution < 1.29 is 0 Å². The smallest absolute Gasteiger partial charge is 0.0760 e. The van der Waals surface area contributed by atoms with Crippen LogP contribution >= 0.6 is 11.6 Å². The molecule has 0 bridgehead atoms. The average Bonchev–Trinajstić information content (AvgIpc) is 2.06. The van der Waals surface area contributed by atoms with E-state index in [1.807, 2.05) is 12.3 Å². The minimum atomic E-state index is 0.153. The molecule has 58 valence electrons. The molecule has 0 N–H and O–H groups in total. The van der Waals surface area contributed by atoms with E-state index in [4.69, 9.17) is 11.6 Å². The molecule has 2 heteroatoms. The van der Waals surface area contributed by atoms with Crippen molar-refractivity contribution in [3.8, 4) is 0 Å². The number of hydrogen-bond donors (Lipinski definition) is 0. The lowest BCUT2D eigenvalue weighted by molar-refractivity contribution is 0.649. The number of aromatic nitrogens is 1. The summed E-state index contributed by atoms with van der Waals surface area (Å²) in [4.78, 5) is 4.27. The summed E-state index contributed by atoms with van der Waals surface area (Å²) < 4.78 is 0. The van der Waals surface area contributed by atoms with E-state index >= 15 is 0 Å². The van der Waals surface area contributed by atoms with Gasteiger partial charge in [0.2, 0.25) is 0 Å². The maximum absolute atomic E-state index is 6.08. The first kappa shape index (κ1) is 7.11. The first-order chi connectivity index (χ1) is 5.38. The zero-order valence-corrected chi connectivity index (χ0v) is 7.01. The van der Waals surface area contributed by atoms with Crippen LogP contribution < -0.4 is 0 Å². The van der Waals surface area contributed by atoms with Gasteiger partial charge in [-0.2, -0.15) is 0 Å². The Labute approximate surface area is 71.4 Å². The molecule has 2 rings (SSSR count).